The van der Waals surface area contributed by atoms with E-state index in [1.165, 1.54) is 34.4 Å². The molecule has 0 spiro atoms. The van der Waals surface area contributed by atoms with E-state index in [2.05, 4.69) is 28.2 Å². The van der Waals surface area contributed by atoms with Crippen LogP contribution in [0.15, 0.2) is 14.1 Å². The molecule has 1 atom stereocenters. The zero-order valence-electron chi connectivity index (χ0n) is 12.8. The number of unbranched alkanes of at least 4 members (excludes halogenated alkanes) is 1. The van der Waals surface area contributed by atoms with Gasteiger partial charge >= 0.3 is 0 Å². The second-order valence-corrected chi connectivity index (χ2v) is 9.11. The lowest BCUT2D eigenvalue weighted by atomic mass is 10.1. The van der Waals surface area contributed by atoms with Crippen LogP contribution in [0.2, 0.25) is 0 Å². The van der Waals surface area contributed by atoms with Crippen LogP contribution in [0.25, 0.3) is 0 Å². The fourth-order valence-corrected chi connectivity index (χ4v) is 5.54. The molecule has 0 unspecified atom stereocenters. The number of rotatable bonds is 9. The van der Waals surface area contributed by atoms with Crippen molar-refractivity contribution in [3.05, 3.63) is 16.1 Å². The molecule has 0 saturated carbocycles. The lowest BCUT2D eigenvalue weighted by Gasteiger charge is -2.03. The van der Waals surface area contributed by atoms with Crippen molar-refractivity contribution in [3.63, 3.8) is 0 Å². The number of ketones is 1. The number of thiazole rings is 1. The van der Waals surface area contributed by atoms with E-state index in [-0.39, 0.29) is 11.5 Å². The van der Waals surface area contributed by atoms with Crippen molar-refractivity contribution in [1.29, 1.82) is 5.26 Å². The van der Waals surface area contributed by atoms with Gasteiger partial charge in [-0.1, -0.05) is 48.2 Å². The summed E-state index contributed by atoms with van der Waals surface area (Å²) >= 11 is 5.89. The third-order valence-corrected chi connectivity index (χ3v) is 7.11. The fraction of sp³-hybridized carbons (Fsp3) is 0.500. The Morgan fingerprint density at radius 3 is 2.74 bits per heavy atom. The molecule has 0 fully saturated rings. The molecule has 0 aromatic carbocycles. The average molecular weight is 385 g/mol. The van der Waals surface area contributed by atoms with Gasteiger partial charge in [-0.15, -0.1) is 21.5 Å². The van der Waals surface area contributed by atoms with Crippen molar-refractivity contribution in [2.75, 3.05) is 11.5 Å². The topological polar surface area (TPSA) is 79.5 Å². The molecule has 0 aliphatic heterocycles. The molecule has 122 valence electrons. The van der Waals surface area contributed by atoms with E-state index in [1.54, 1.807) is 11.8 Å². The molecule has 2 heterocycles. The number of carbonyl (C=O) groups is 1. The Hall–Kier alpha value is -0.950. The third kappa shape index (κ3) is 5.57. The van der Waals surface area contributed by atoms with Crippen LogP contribution in [0.3, 0.4) is 0 Å². The van der Waals surface area contributed by atoms with Crippen LogP contribution in [0.5, 0.6) is 0 Å². The lowest BCUT2D eigenvalue weighted by Crippen LogP contribution is -2.13. The first-order chi connectivity index (χ1) is 11.1. The highest BCUT2D eigenvalue weighted by molar-refractivity contribution is 8.03. The van der Waals surface area contributed by atoms with E-state index >= 15 is 0 Å². The monoisotopic (exact) mass is 384 g/mol. The van der Waals surface area contributed by atoms with Crippen molar-refractivity contribution in [1.82, 2.24) is 15.2 Å². The van der Waals surface area contributed by atoms with Crippen LogP contribution in [-0.4, -0.2) is 32.5 Å². The van der Waals surface area contributed by atoms with Crippen molar-refractivity contribution >= 4 is 52.0 Å². The van der Waals surface area contributed by atoms with Crippen LogP contribution >= 0.6 is 46.2 Å². The molecule has 23 heavy (non-hydrogen) atoms. The number of aromatic nitrogens is 3. The first kappa shape index (κ1) is 18.4. The Bertz CT molecular complexity index is 691. The first-order valence-corrected chi connectivity index (χ1v) is 10.7. The highest BCUT2D eigenvalue weighted by atomic mass is 32.2. The highest BCUT2D eigenvalue weighted by Crippen LogP contribution is 2.30. The van der Waals surface area contributed by atoms with Gasteiger partial charge in [0.15, 0.2) is 20.4 Å². The van der Waals surface area contributed by atoms with E-state index in [1.807, 2.05) is 12.3 Å². The summed E-state index contributed by atoms with van der Waals surface area (Å²) in [5, 5.41) is 19.9. The number of carbonyl (C=O) groups excluding carboxylic acids is 1. The van der Waals surface area contributed by atoms with E-state index < -0.39 is 5.92 Å². The summed E-state index contributed by atoms with van der Waals surface area (Å²) in [6.07, 6.45) is 2.32. The first-order valence-electron chi connectivity index (χ1n) is 7.07. The summed E-state index contributed by atoms with van der Waals surface area (Å²) in [4.78, 5) is 16.5. The standard InChI is InChI=1S/C14H16N4OS4/c1-3-4-5-20-13-17-18-14(23-13)22-8-11(19)10(6-15)12-16-9(2)7-21-12/h7,10H,3-5,8H2,1-2H3/t10-/m1/s1. The smallest absolute Gasteiger partial charge is 0.175 e. The second-order valence-electron chi connectivity index (χ2n) is 4.68. The Morgan fingerprint density at radius 1 is 1.39 bits per heavy atom. The molecule has 0 amide bonds. The second kappa shape index (κ2) is 9.37. The number of hydrogen-bond donors (Lipinski definition) is 0. The molecule has 2 aromatic heterocycles. The normalized spacial score (nSPS) is 12.0. The van der Waals surface area contributed by atoms with Crippen molar-refractivity contribution in [2.45, 2.75) is 41.3 Å². The van der Waals surface area contributed by atoms with Crippen LogP contribution in [0.4, 0.5) is 0 Å². The third-order valence-electron chi connectivity index (χ3n) is 2.78. The Morgan fingerprint density at radius 2 is 2.13 bits per heavy atom. The molecule has 2 aromatic rings. The van der Waals surface area contributed by atoms with Crippen LogP contribution < -0.4 is 0 Å². The molecule has 0 N–H and O–H groups in total. The van der Waals surface area contributed by atoms with Crippen LogP contribution in [0, 0.1) is 18.3 Å². The molecular formula is C14H16N4OS4. The zero-order valence-corrected chi connectivity index (χ0v) is 16.1. The molecule has 0 aliphatic carbocycles. The predicted octanol–water partition coefficient (Wildman–Crippen LogP) is 4.16. The predicted molar refractivity (Wildman–Crippen MR) is 96.5 cm³/mol. The van der Waals surface area contributed by atoms with Gasteiger partial charge in [0.1, 0.15) is 5.01 Å². The molecule has 0 saturated heterocycles. The largest absolute Gasteiger partial charge is 0.297 e. The molecule has 2 rings (SSSR count). The maximum atomic E-state index is 12.2. The van der Waals surface area contributed by atoms with Crippen molar-refractivity contribution < 1.29 is 4.79 Å². The van der Waals surface area contributed by atoms with Crippen molar-refractivity contribution in [2.24, 2.45) is 0 Å². The molecule has 0 aliphatic rings. The zero-order chi connectivity index (χ0) is 16.7. The summed E-state index contributed by atoms with van der Waals surface area (Å²) in [7, 11) is 0. The summed E-state index contributed by atoms with van der Waals surface area (Å²) in [6.45, 7) is 4.01. The number of nitriles is 1. The minimum absolute atomic E-state index is 0.137. The number of thioether (sulfide) groups is 2. The average Bonchev–Trinajstić information content (AvgIpc) is 3.16. The van der Waals surface area contributed by atoms with Gasteiger partial charge in [0.2, 0.25) is 0 Å². The van der Waals surface area contributed by atoms with Crippen LogP contribution in [0.1, 0.15) is 36.4 Å². The Balaban J connectivity index is 1.87. The number of Topliss-reactive ketones (excluding diaryl/α,β-unsaturated/α-hetero) is 1. The molecule has 0 radical (unpaired) electrons. The minimum atomic E-state index is -0.785. The van der Waals surface area contributed by atoms with Gasteiger partial charge in [-0.3, -0.25) is 4.79 Å². The minimum Gasteiger partial charge on any atom is -0.297 e. The maximum Gasteiger partial charge on any atom is 0.175 e. The summed E-state index contributed by atoms with van der Waals surface area (Å²) < 4.78 is 1.70. The SMILES string of the molecule is CCCCSc1nnc(SCC(=O)[C@@H](C#N)c2nc(C)cs2)s1. The van der Waals surface area contributed by atoms with E-state index in [4.69, 9.17) is 0 Å². The van der Waals surface area contributed by atoms with Crippen LogP contribution in [-0.2, 0) is 4.79 Å². The summed E-state index contributed by atoms with van der Waals surface area (Å²) in [5.74, 6) is 0.328. The fourth-order valence-electron chi connectivity index (χ4n) is 1.60. The summed E-state index contributed by atoms with van der Waals surface area (Å²) in [5.41, 5.74) is 0.837. The van der Waals surface area contributed by atoms with Gasteiger partial charge in [0.25, 0.3) is 0 Å². The van der Waals surface area contributed by atoms with Gasteiger partial charge in [-0.2, -0.15) is 5.26 Å². The van der Waals surface area contributed by atoms with Gasteiger partial charge in [0, 0.05) is 16.8 Å². The molecule has 5 nitrogen and oxygen atoms in total. The Labute approximate surface area is 151 Å². The maximum absolute atomic E-state index is 12.2. The van der Waals surface area contributed by atoms with E-state index in [9.17, 15) is 10.1 Å². The molecule has 9 heteroatoms. The van der Waals surface area contributed by atoms with E-state index in [0.717, 1.165) is 33.0 Å². The summed E-state index contributed by atoms with van der Waals surface area (Å²) in [6, 6.07) is 2.06. The quantitative estimate of drug-likeness (QED) is 0.474. The molecule has 0 bridgehead atoms. The lowest BCUT2D eigenvalue weighted by molar-refractivity contribution is -0.116. The van der Waals surface area contributed by atoms with E-state index in [0.29, 0.717) is 5.01 Å². The number of nitrogens with zero attached hydrogens (tertiary/aromatic N) is 4. The molecular weight excluding hydrogens is 368 g/mol. The number of aryl methyl sites for hydroxylation is 1. The highest BCUT2D eigenvalue weighted by Gasteiger charge is 2.23. The van der Waals surface area contributed by atoms with Crippen molar-refractivity contribution in [3.8, 4) is 6.07 Å². The Kier molecular flexibility index (Phi) is 7.49. The van der Waals surface area contributed by atoms with Gasteiger partial charge in [0.05, 0.1) is 11.8 Å². The number of hydrogen-bond acceptors (Lipinski definition) is 9. The van der Waals surface area contributed by atoms with Gasteiger partial charge < -0.3 is 0 Å². The van der Waals surface area contributed by atoms with Gasteiger partial charge in [-0.25, -0.2) is 4.98 Å². The van der Waals surface area contributed by atoms with Gasteiger partial charge in [-0.05, 0) is 13.3 Å².